The van der Waals surface area contributed by atoms with Gasteiger partial charge in [0.2, 0.25) is 17.7 Å². The van der Waals surface area contributed by atoms with Crippen molar-refractivity contribution in [2.24, 2.45) is 11.7 Å². The van der Waals surface area contributed by atoms with Crippen LogP contribution in [0.15, 0.2) is 60.8 Å². The van der Waals surface area contributed by atoms with Crippen molar-refractivity contribution >= 4 is 28.6 Å². The van der Waals surface area contributed by atoms with E-state index < -0.39 is 18.1 Å². The van der Waals surface area contributed by atoms with Gasteiger partial charge in [-0.2, -0.15) is 0 Å². The van der Waals surface area contributed by atoms with E-state index in [-0.39, 0.29) is 30.4 Å². The van der Waals surface area contributed by atoms with Crippen LogP contribution in [-0.4, -0.2) is 106 Å². The number of nitrogens with two attached hydrogens (primary N) is 1. The number of hydrogen-bond donors (Lipinski definition) is 4. The molecule has 0 saturated carbocycles. The summed E-state index contributed by atoms with van der Waals surface area (Å²) < 4.78 is 0. The van der Waals surface area contributed by atoms with E-state index in [0.29, 0.717) is 70.7 Å². The Bertz CT molecular complexity index is 1460. The Morgan fingerprint density at radius 2 is 1.74 bits per heavy atom. The highest BCUT2D eigenvalue weighted by atomic mass is 16.3. The molecule has 10 nitrogen and oxygen atoms in total. The quantitative estimate of drug-likeness (QED) is 0.203. The van der Waals surface area contributed by atoms with Gasteiger partial charge in [0.25, 0.3) is 0 Å². The van der Waals surface area contributed by atoms with Gasteiger partial charge in [-0.05, 0) is 61.8 Å². The fourth-order valence-corrected chi connectivity index (χ4v) is 7.14. The van der Waals surface area contributed by atoms with Crippen LogP contribution < -0.4 is 11.1 Å². The number of unbranched alkanes of at least 4 members (excludes halogenated alkanes) is 1. The van der Waals surface area contributed by atoms with Gasteiger partial charge >= 0.3 is 0 Å². The molecule has 1 aromatic heterocycles. The predicted octanol–water partition coefficient (Wildman–Crippen LogP) is 2.70. The molecule has 2 aliphatic heterocycles. The molecule has 10 heteroatoms. The lowest BCUT2D eigenvalue weighted by atomic mass is 9.95. The molecule has 0 bridgehead atoms. The maximum Gasteiger partial charge on any atom is 0.246 e. The largest absolute Gasteiger partial charge is 0.394 e. The number of fused-ring (bicyclic) bond motifs is 1. The molecule has 5 rings (SSSR count). The molecule has 2 aromatic carbocycles. The number of aliphatic hydroxyl groups is 1. The summed E-state index contributed by atoms with van der Waals surface area (Å²) in [6.45, 7) is 6.22. The van der Waals surface area contributed by atoms with Crippen molar-refractivity contribution in [2.45, 2.75) is 76.5 Å². The number of aromatic nitrogens is 1. The first-order valence-corrected chi connectivity index (χ1v) is 16.9. The Morgan fingerprint density at radius 1 is 0.978 bits per heavy atom. The molecule has 0 aliphatic carbocycles. The molecule has 2 fully saturated rings. The van der Waals surface area contributed by atoms with Crippen molar-refractivity contribution in [3.63, 3.8) is 0 Å². The summed E-state index contributed by atoms with van der Waals surface area (Å²) in [5, 5.41) is 14.6. The number of carbonyl (C=O) groups excluding carboxylic acids is 3. The van der Waals surface area contributed by atoms with E-state index in [1.165, 1.54) is 0 Å². The van der Waals surface area contributed by atoms with Gasteiger partial charge in [0.1, 0.15) is 12.1 Å². The Kier molecular flexibility index (Phi) is 11.5. The second-order valence-corrected chi connectivity index (χ2v) is 13.1. The van der Waals surface area contributed by atoms with Gasteiger partial charge in [-0.1, -0.05) is 62.4 Å². The number of hydrogen-bond acceptors (Lipinski definition) is 6. The number of amides is 3. The summed E-state index contributed by atoms with van der Waals surface area (Å²) in [7, 11) is 0. The Morgan fingerprint density at radius 3 is 2.48 bits per heavy atom. The monoisotopic (exact) mass is 630 g/mol. The number of para-hydroxylation sites is 1. The first-order chi connectivity index (χ1) is 22.3. The van der Waals surface area contributed by atoms with Crippen molar-refractivity contribution < 1.29 is 19.5 Å². The molecular weight excluding hydrogens is 580 g/mol. The highest BCUT2D eigenvalue weighted by Crippen LogP contribution is 2.27. The summed E-state index contributed by atoms with van der Waals surface area (Å²) in [6.07, 6.45) is 5.43. The molecule has 3 heterocycles. The predicted molar refractivity (Wildman–Crippen MR) is 180 cm³/mol. The molecule has 2 saturated heterocycles. The average molecular weight is 631 g/mol. The Hall–Kier alpha value is -3.73. The van der Waals surface area contributed by atoms with Crippen LogP contribution in [0.25, 0.3) is 10.9 Å². The average Bonchev–Trinajstić information content (AvgIpc) is 3.47. The fourth-order valence-electron chi connectivity index (χ4n) is 7.14. The summed E-state index contributed by atoms with van der Waals surface area (Å²) in [4.78, 5) is 51.7. The second kappa shape index (κ2) is 15.7. The van der Waals surface area contributed by atoms with Gasteiger partial charge in [0, 0.05) is 49.7 Å². The summed E-state index contributed by atoms with van der Waals surface area (Å²) in [5.41, 5.74) is 8.80. The van der Waals surface area contributed by atoms with Crippen LogP contribution in [0.2, 0.25) is 0 Å². The van der Waals surface area contributed by atoms with Crippen molar-refractivity contribution in [1.82, 2.24) is 25.0 Å². The van der Waals surface area contributed by atoms with Gasteiger partial charge in [-0.25, -0.2) is 0 Å². The third-order valence-corrected chi connectivity index (χ3v) is 9.49. The zero-order chi connectivity index (χ0) is 32.6. The van der Waals surface area contributed by atoms with Gasteiger partial charge in [-0.15, -0.1) is 0 Å². The fraction of sp³-hybridized carbons (Fsp3) is 0.528. The number of aromatic amines is 1. The smallest absolute Gasteiger partial charge is 0.246 e. The molecule has 3 aromatic rings. The number of nitrogens with zero attached hydrogens (tertiary/aromatic N) is 3. The second-order valence-electron chi connectivity index (χ2n) is 13.1. The van der Waals surface area contributed by atoms with Crippen molar-refractivity contribution in [3.05, 3.63) is 71.9 Å². The van der Waals surface area contributed by atoms with E-state index in [0.717, 1.165) is 28.5 Å². The minimum atomic E-state index is -0.771. The van der Waals surface area contributed by atoms with E-state index in [1.54, 1.807) is 14.7 Å². The van der Waals surface area contributed by atoms with Crippen LogP contribution in [0.3, 0.4) is 0 Å². The number of rotatable bonds is 14. The lowest BCUT2D eigenvalue weighted by Gasteiger charge is -2.46. The van der Waals surface area contributed by atoms with Crippen molar-refractivity contribution in [1.29, 1.82) is 0 Å². The van der Waals surface area contributed by atoms with E-state index >= 15 is 0 Å². The number of nitrogens with one attached hydrogen (secondary N) is 2. The van der Waals surface area contributed by atoms with Crippen molar-refractivity contribution in [3.8, 4) is 0 Å². The SMILES string of the molecule is CC(C)CC(CO)N1CCN(C(=O)C(Cc2c[nH]c3ccccc23)N2CCNC(Cc3ccccc3)C2=O)C(CCCCN)C1=O. The van der Waals surface area contributed by atoms with E-state index in [2.05, 4.69) is 24.1 Å². The minimum absolute atomic E-state index is 0.102. The molecule has 248 valence electrons. The van der Waals surface area contributed by atoms with Crippen LogP contribution in [0.1, 0.15) is 50.7 Å². The molecular formula is C36H50N6O4. The molecule has 0 radical (unpaired) electrons. The normalized spacial score (nSPS) is 20.5. The lowest BCUT2D eigenvalue weighted by Crippen LogP contribution is -2.67. The van der Waals surface area contributed by atoms with E-state index in [4.69, 9.17) is 5.73 Å². The van der Waals surface area contributed by atoms with E-state index in [9.17, 15) is 19.5 Å². The Labute approximate surface area is 272 Å². The van der Waals surface area contributed by atoms with Crippen LogP contribution in [-0.2, 0) is 27.2 Å². The maximum atomic E-state index is 14.8. The van der Waals surface area contributed by atoms with Gasteiger partial charge in [0.15, 0.2) is 0 Å². The molecule has 5 N–H and O–H groups in total. The number of aliphatic hydroxyl groups excluding tert-OH is 1. The maximum absolute atomic E-state index is 14.8. The van der Waals surface area contributed by atoms with Gasteiger partial charge < -0.3 is 35.8 Å². The molecule has 4 unspecified atom stereocenters. The minimum Gasteiger partial charge on any atom is -0.394 e. The highest BCUT2D eigenvalue weighted by molar-refractivity contribution is 5.95. The van der Waals surface area contributed by atoms with Crippen molar-refractivity contribution in [2.75, 3.05) is 39.3 Å². The molecule has 2 aliphatic rings. The summed E-state index contributed by atoms with van der Waals surface area (Å²) in [6, 6.07) is 15.7. The van der Waals surface area contributed by atoms with Gasteiger partial charge in [0.05, 0.1) is 18.7 Å². The van der Waals surface area contributed by atoms with Crippen LogP contribution in [0.4, 0.5) is 0 Å². The standard InChI is InChI=1S/C36H50N6O4/c1-25(2)20-28(24-43)40-18-19-42(32(35(40)45)14-8-9-15-37)36(46)33(22-27-23-39-30-13-7-6-12-29(27)30)41-17-16-38-31(34(41)44)21-26-10-4-3-5-11-26/h3-7,10-13,23,25,28,31-33,38-39,43H,8-9,14-22,24,37H2,1-2H3. The van der Waals surface area contributed by atoms with Crippen LogP contribution >= 0.6 is 0 Å². The third kappa shape index (κ3) is 7.62. The van der Waals surface area contributed by atoms with Crippen LogP contribution in [0, 0.1) is 5.92 Å². The number of H-pyrrole nitrogens is 1. The first kappa shape index (κ1) is 33.6. The lowest BCUT2D eigenvalue weighted by molar-refractivity contribution is -0.160. The topological polar surface area (TPSA) is 135 Å². The third-order valence-electron chi connectivity index (χ3n) is 9.49. The highest BCUT2D eigenvalue weighted by Gasteiger charge is 2.44. The van der Waals surface area contributed by atoms with Gasteiger partial charge in [-0.3, -0.25) is 14.4 Å². The Balaban J connectivity index is 1.46. The number of piperazine rings is 2. The molecule has 4 atom stereocenters. The molecule has 3 amide bonds. The zero-order valence-corrected chi connectivity index (χ0v) is 27.2. The first-order valence-electron chi connectivity index (χ1n) is 16.9. The van der Waals surface area contributed by atoms with E-state index in [1.807, 2.05) is 60.8 Å². The molecule has 0 spiro atoms. The zero-order valence-electron chi connectivity index (χ0n) is 27.2. The summed E-state index contributed by atoms with van der Waals surface area (Å²) in [5.74, 6) is -0.122. The number of benzene rings is 2. The summed E-state index contributed by atoms with van der Waals surface area (Å²) >= 11 is 0. The molecule has 46 heavy (non-hydrogen) atoms. The van der Waals surface area contributed by atoms with Crippen LogP contribution in [0.5, 0.6) is 0 Å². The number of carbonyl (C=O) groups is 3.